The molecule has 5 unspecified atom stereocenters. The monoisotopic (exact) mass is 1950 g/mol. The van der Waals surface area contributed by atoms with Crippen LogP contribution in [0.5, 0.6) is 0 Å². The lowest BCUT2D eigenvalue weighted by Crippen LogP contribution is -2.67. The van der Waals surface area contributed by atoms with Gasteiger partial charge in [-0.1, -0.05) is 77.5 Å². The van der Waals surface area contributed by atoms with Crippen molar-refractivity contribution in [1.29, 1.82) is 0 Å². The Morgan fingerprint density at radius 3 is 1.57 bits per heavy atom. The Hall–Kier alpha value is -4.37. The van der Waals surface area contributed by atoms with Crippen LogP contribution >= 0.6 is 0 Å². The van der Waals surface area contributed by atoms with Crippen LogP contribution in [0.15, 0.2) is 60.3 Å². The summed E-state index contributed by atoms with van der Waals surface area (Å²) in [5.41, 5.74) is -6.38. The van der Waals surface area contributed by atoms with Gasteiger partial charge in [-0.05, 0) is 163 Å². The molecule has 0 amide bonds. The number of aliphatic hydroxyl groups excluding tert-OH is 20. The van der Waals surface area contributed by atoms with Gasteiger partial charge < -0.3 is 198 Å². The summed E-state index contributed by atoms with van der Waals surface area (Å²) < 4.78 is 109. The lowest BCUT2D eigenvalue weighted by Gasteiger charge is -2.68. The van der Waals surface area contributed by atoms with E-state index >= 15 is 4.79 Å². The molecule has 12 fully saturated rings. The fourth-order valence-electron chi connectivity index (χ4n) is 22.9. The fourth-order valence-corrected chi connectivity index (χ4v) is 22.9. The summed E-state index contributed by atoms with van der Waals surface area (Å²) in [5.74, 6) is -4.28. The summed E-state index contributed by atoms with van der Waals surface area (Å²) in [7, 11) is 0. The van der Waals surface area contributed by atoms with Gasteiger partial charge in [-0.15, -0.1) is 13.2 Å². The molecule has 43 nitrogen and oxygen atoms in total. The molecular formula is C93H146O43. The molecule has 8 saturated heterocycles. The summed E-state index contributed by atoms with van der Waals surface area (Å²) >= 11 is 0. The van der Waals surface area contributed by atoms with E-state index in [4.69, 9.17) is 85.3 Å². The zero-order valence-corrected chi connectivity index (χ0v) is 78.6. The topological polar surface area (TPSA) is 662 Å². The Labute approximate surface area is 788 Å². The van der Waals surface area contributed by atoms with E-state index in [0.717, 1.165) is 5.57 Å². The van der Waals surface area contributed by atoms with Crippen LogP contribution in [0.3, 0.4) is 0 Å². The molecule has 0 aromatic carbocycles. The van der Waals surface area contributed by atoms with Gasteiger partial charge in [0.1, 0.15) is 146 Å². The average Bonchev–Trinajstić information content (AvgIpc) is 0.681. The van der Waals surface area contributed by atoms with Gasteiger partial charge in [0.2, 0.25) is 6.29 Å². The summed E-state index contributed by atoms with van der Waals surface area (Å²) in [4.78, 5) is 44.9. The van der Waals surface area contributed by atoms with Crippen LogP contribution in [0, 0.1) is 50.7 Å². The molecular weight excluding hydrogens is 1800 g/mol. The number of esters is 3. The standard InChI is InChI=1S/C93H146O43/c1-14-89(10,117)25-16-18-39(3)76(114)130-72-56(100)40(4)125-84(75(72)131-77(115)42(32-94)19-17-26-90(11,118)15-2)124-38-52-61(105)63(107)74(135-81-68(112)64(108)70(41(5)126-81)132-80-69(113)71(50(98)36-121-80)133-78-65(109)57(101)47(95)33-119-78)85(128-52)136-86(116)93-29-28-87(6,7)30-46(93)45-21-20-43-44(92(45,13)31-54(93)99)22-23-53-88(8,9)55(24-27-91(43,53)12)129-82-67(111)62(106)60(104)51(127-82)37-123-83-73(59(103)49(97)35-122-83)134-79-66(110)58(102)48(96)34-120-79/h14-15,18-19,21,40-41,43-44,46-75,78-85,94-113,117-118H,1-2,16-17,20,22-38H2,3-13H3/b39-18-,42-19+/t40-,41-,43?,44?,46?,47+,48+,49-,50+,51+,52+,53?,54+,55-,56-,57-,58-,59-,60+,61+,62-,63-,64-,65+,66+,67+,68+,69+,70-,71-,72+,73+,74+,75+,78-,79-,80-,81-,82-,83-,84+,85-,89+,90?,91+,92-,93+/m0/s1. The zero-order valence-electron chi connectivity index (χ0n) is 78.6. The van der Waals surface area contributed by atoms with E-state index in [-0.39, 0.29) is 67.4 Å². The number of carbonyl (C=O) groups is 3. The third-order valence-electron chi connectivity index (χ3n) is 31.6. The van der Waals surface area contributed by atoms with Crippen LogP contribution in [0.2, 0.25) is 0 Å². The highest BCUT2D eigenvalue weighted by molar-refractivity contribution is 5.89. The van der Waals surface area contributed by atoms with Gasteiger partial charge in [0.15, 0.2) is 62.3 Å². The average molecular weight is 1950 g/mol. The first-order chi connectivity index (χ1) is 63.8. The first kappa shape index (κ1) is 109. The number of aliphatic hydroxyl groups is 22. The maximum Gasteiger partial charge on any atom is 0.336 e. The number of hydrogen-bond acceptors (Lipinski definition) is 43. The Bertz CT molecular complexity index is 4130. The Kier molecular flexibility index (Phi) is 34.8. The predicted octanol–water partition coefficient (Wildman–Crippen LogP) is -4.15. The van der Waals surface area contributed by atoms with Crippen LogP contribution < -0.4 is 0 Å². The van der Waals surface area contributed by atoms with Crippen molar-refractivity contribution in [3.63, 3.8) is 0 Å². The van der Waals surface area contributed by atoms with E-state index < -0.39 is 342 Å². The summed E-state index contributed by atoms with van der Waals surface area (Å²) in [6, 6.07) is 0. The van der Waals surface area contributed by atoms with E-state index in [2.05, 4.69) is 60.8 Å². The maximum atomic E-state index is 16.5. The number of hydrogen-bond donors (Lipinski definition) is 22. The van der Waals surface area contributed by atoms with Crippen molar-refractivity contribution in [3.8, 4) is 0 Å². The molecule has 47 atom stereocenters. The number of ether oxygens (including phenoxy) is 18. The lowest BCUT2D eigenvalue weighted by atomic mass is 9.37. The van der Waals surface area contributed by atoms with E-state index in [0.29, 0.717) is 44.9 Å². The molecule has 0 radical (unpaired) electrons. The molecule has 0 aromatic rings. The van der Waals surface area contributed by atoms with E-state index in [1.807, 2.05) is 0 Å². The minimum Gasteiger partial charge on any atom is -0.452 e. The molecule has 0 bridgehead atoms. The van der Waals surface area contributed by atoms with Crippen molar-refractivity contribution in [2.45, 2.75) is 404 Å². The van der Waals surface area contributed by atoms with Crippen molar-refractivity contribution >= 4 is 17.9 Å². The van der Waals surface area contributed by atoms with Crippen LogP contribution in [0.1, 0.15) is 160 Å². The van der Waals surface area contributed by atoms with Crippen molar-refractivity contribution in [2.24, 2.45) is 50.7 Å². The van der Waals surface area contributed by atoms with E-state index in [1.165, 1.54) is 58.9 Å². The largest absolute Gasteiger partial charge is 0.452 e. The Morgan fingerprint density at radius 2 is 0.956 bits per heavy atom. The van der Waals surface area contributed by atoms with E-state index in [1.54, 1.807) is 0 Å². The first-order valence-corrected chi connectivity index (χ1v) is 47.3. The molecule has 8 aliphatic heterocycles. The summed E-state index contributed by atoms with van der Waals surface area (Å²) in [6.07, 6.45) is -54.6. The number of carbonyl (C=O) groups excluding carboxylic acids is 3. The zero-order chi connectivity index (χ0) is 99.6. The molecule has 43 heteroatoms. The van der Waals surface area contributed by atoms with Gasteiger partial charge in [0.25, 0.3) is 0 Å². The van der Waals surface area contributed by atoms with Crippen molar-refractivity contribution in [3.05, 3.63) is 60.3 Å². The third kappa shape index (κ3) is 22.2. The fraction of sp³-hybridized carbons (Fsp3) is 0.860. The molecule has 22 N–H and O–H groups in total. The van der Waals surface area contributed by atoms with Crippen molar-refractivity contribution < 1.29 is 212 Å². The second-order valence-corrected chi connectivity index (χ2v) is 42.0. The van der Waals surface area contributed by atoms with Crippen LogP contribution in [0.25, 0.3) is 0 Å². The molecule has 13 aliphatic rings. The number of rotatable bonds is 31. The SMILES string of the molecule is C=CC(C)(O)CC/C=C(\CO)C(=O)O[C@H]1[C@H](OC[C@H]2O[C@@H](OC(=O)[C@]34CCC(C)(C)CC3C3=CCC5C(CCC6C(C)(C)[C@@H](O[C@@H]7O[C@H](CO[C@@H]8OC[C@H](O)[C@H](O)[C@H]8O[C@@H]8OC[C@@H](O)[C@H](O)[C@H]8O)[C@@H](O)[C@H](O)[C@H]7O)CC[C@]56C)[C@]3(C)C[C@H]4O)[C@H](O[C@@H]3O[C@@H](C)[C@H](O[C@@H]4OC[C@@H](O)[C@H](O[C@@H]5OC[C@@H](O)[C@H](O)[C@H]5O)[C@H]4O)[C@@H](O)[C@H]3O)[C@@H](O)[C@@H]2O)O[C@@H](C)[C@H](O)[C@H]1OC(=O)/C(C)=C\CC[C@](C)(O)C=C. The highest BCUT2D eigenvalue weighted by Crippen LogP contribution is 2.72. The summed E-state index contributed by atoms with van der Waals surface area (Å²) in [6.45, 7) is 22.6. The molecule has 8 heterocycles. The molecule has 0 aromatic heterocycles. The molecule has 4 saturated carbocycles. The predicted molar refractivity (Wildman–Crippen MR) is 460 cm³/mol. The lowest BCUT2D eigenvalue weighted by molar-refractivity contribution is -0.381. The highest BCUT2D eigenvalue weighted by atomic mass is 16.8. The van der Waals surface area contributed by atoms with Gasteiger partial charge in [-0.3, -0.25) is 4.79 Å². The van der Waals surface area contributed by atoms with Crippen LogP contribution in [-0.4, -0.2) is 421 Å². The molecule has 0 spiro atoms. The molecule has 5 aliphatic carbocycles. The third-order valence-corrected chi connectivity index (χ3v) is 31.6. The number of allylic oxidation sites excluding steroid dienone is 4. The van der Waals surface area contributed by atoms with Gasteiger partial charge in [-0.2, -0.15) is 0 Å². The summed E-state index contributed by atoms with van der Waals surface area (Å²) in [5, 5.41) is 248. The minimum atomic E-state index is -2.28. The smallest absolute Gasteiger partial charge is 0.336 e. The Balaban J connectivity index is 0.760. The molecule has 13 rings (SSSR count). The molecule has 136 heavy (non-hydrogen) atoms. The highest BCUT2D eigenvalue weighted by Gasteiger charge is 2.70. The van der Waals surface area contributed by atoms with Crippen molar-refractivity contribution in [1.82, 2.24) is 0 Å². The molecule has 776 valence electrons. The maximum absolute atomic E-state index is 16.5. The second-order valence-electron chi connectivity index (χ2n) is 42.0. The van der Waals surface area contributed by atoms with Gasteiger partial charge in [-0.25, -0.2) is 9.59 Å². The Morgan fingerprint density at radius 1 is 0.463 bits per heavy atom. The van der Waals surface area contributed by atoms with E-state index in [9.17, 15) is 122 Å². The number of fused-ring (bicyclic) bond motifs is 7. The van der Waals surface area contributed by atoms with Gasteiger partial charge in [0.05, 0.1) is 87.4 Å². The minimum absolute atomic E-state index is 0.00850. The normalized spacial score (nSPS) is 48.0. The first-order valence-electron chi connectivity index (χ1n) is 47.3. The van der Waals surface area contributed by atoms with Gasteiger partial charge >= 0.3 is 17.9 Å². The van der Waals surface area contributed by atoms with Crippen LogP contribution in [0.4, 0.5) is 0 Å². The van der Waals surface area contributed by atoms with Crippen molar-refractivity contribution in [2.75, 3.05) is 46.2 Å². The quantitative estimate of drug-likeness (QED) is 0.0103. The second kappa shape index (κ2) is 43.5. The van der Waals surface area contributed by atoms with Gasteiger partial charge in [0, 0.05) is 5.57 Å². The van der Waals surface area contributed by atoms with Crippen LogP contribution in [-0.2, 0) is 99.6 Å².